The zero-order valence-electron chi connectivity index (χ0n) is 11.2. The van der Waals surface area contributed by atoms with E-state index in [1.54, 1.807) is 0 Å². The fraction of sp³-hybridized carbons (Fsp3) is 0.923. The number of piperazine rings is 1. The minimum Gasteiger partial charge on any atom is -0.395 e. The maximum atomic E-state index is 12.4. The van der Waals surface area contributed by atoms with E-state index in [1.807, 2.05) is 9.80 Å². The van der Waals surface area contributed by atoms with Gasteiger partial charge in [0.25, 0.3) is 0 Å². The van der Waals surface area contributed by atoms with E-state index in [0.29, 0.717) is 0 Å². The van der Waals surface area contributed by atoms with Gasteiger partial charge >= 0.3 is 6.03 Å². The Balaban J connectivity index is 1.79. The molecular weight excluding hydrogens is 230 g/mol. The van der Waals surface area contributed by atoms with Crippen LogP contribution in [0.1, 0.15) is 25.7 Å². The monoisotopic (exact) mass is 255 g/mol. The lowest BCUT2D eigenvalue weighted by atomic mass is 10.2. The van der Waals surface area contributed by atoms with Crippen molar-refractivity contribution in [3.8, 4) is 0 Å². The number of β-amino-alcohol motifs (C(OH)–C–C–N with tert-alkyl or cyclic N) is 1. The molecule has 2 heterocycles. The van der Waals surface area contributed by atoms with Crippen molar-refractivity contribution in [2.24, 2.45) is 0 Å². The van der Waals surface area contributed by atoms with Crippen molar-refractivity contribution in [1.29, 1.82) is 0 Å². The number of hydrogen-bond acceptors (Lipinski definition) is 3. The van der Waals surface area contributed by atoms with Crippen molar-refractivity contribution in [1.82, 2.24) is 14.7 Å². The molecule has 0 spiro atoms. The van der Waals surface area contributed by atoms with Crippen LogP contribution >= 0.6 is 0 Å². The topological polar surface area (TPSA) is 47.0 Å². The Morgan fingerprint density at radius 2 is 1.39 bits per heavy atom. The van der Waals surface area contributed by atoms with Crippen LogP contribution in [0.5, 0.6) is 0 Å². The fourth-order valence-corrected chi connectivity index (χ4v) is 2.77. The Morgan fingerprint density at radius 1 is 0.833 bits per heavy atom. The molecule has 104 valence electrons. The van der Waals surface area contributed by atoms with Gasteiger partial charge in [-0.15, -0.1) is 0 Å². The predicted octanol–water partition coefficient (Wildman–Crippen LogP) is 0.592. The van der Waals surface area contributed by atoms with Gasteiger partial charge in [0.05, 0.1) is 6.61 Å². The molecule has 1 N–H and O–H groups in total. The molecule has 2 saturated heterocycles. The summed E-state index contributed by atoms with van der Waals surface area (Å²) in [5.41, 5.74) is 0. The molecule has 5 nitrogen and oxygen atoms in total. The van der Waals surface area contributed by atoms with Crippen LogP contribution in [0.15, 0.2) is 0 Å². The van der Waals surface area contributed by atoms with Gasteiger partial charge in [-0.2, -0.15) is 0 Å². The molecule has 0 atom stereocenters. The van der Waals surface area contributed by atoms with Crippen molar-refractivity contribution in [3.05, 3.63) is 0 Å². The Labute approximate surface area is 109 Å². The molecule has 2 fully saturated rings. The highest BCUT2D eigenvalue weighted by Gasteiger charge is 2.25. The number of hydrogen-bond donors (Lipinski definition) is 1. The Kier molecular flexibility index (Phi) is 5.26. The summed E-state index contributed by atoms with van der Waals surface area (Å²) in [6.45, 7) is 6.17. The highest BCUT2D eigenvalue weighted by Crippen LogP contribution is 2.13. The Hall–Kier alpha value is -0.810. The van der Waals surface area contributed by atoms with Crippen LogP contribution in [0.3, 0.4) is 0 Å². The number of aliphatic hydroxyl groups is 1. The molecule has 0 unspecified atom stereocenters. The summed E-state index contributed by atoms with van der Waals surface area (Å²) >= 11 is 0. The number of carbonyl (C=O) groups excluding carboxylic acids is 1. The van der Waals surface area contributed by atoms with Crippen LogP contribution in [0.25, 0.3) is 0 Å². The van der Waals surface area contributed by atoms with Gasteiger partial charge in [0, 0.05) is 45.8 Å². The van der Waals surface area contributed by atoms with Gasteiger partial charge in [-0.3, -0.25) is 4.90 Å². The Morgan fingerprint density at radius 3 is 1.94 bits per heavy atom. The largest absolute Gasteiger partial charge is 0.395 e. The average Bonchev–Trinajstić information content (AvgIpc) is 2.68. The van der Waals surface area contributed by atoms with Crippen molar-refractivity contribution in [2.75, 3.05) is 52.4 Å². The number of urea groups is 1. The number of likely N-dealkylation sites (tertiary alicyclic amines) is 1. The summed E-state index contributed by atoms with van der Waals surface area (Å²) in [5.74, 6) is 0. The summed E-state index contributed by atoms with van der Waals surface area (Å²) in [4.78, 5) is 18.6. The number of carbonyl (C=O) groups is 1. The molecular formula is C13H25N3O2. The predicted molar refractivity (Wildman–Crippen MR) is 70.5 cm³/mol. The van der Waals surface area contributed by atoms with E-state index >= 15 is 0 Å². The third kappa shape index (κ3) is 3.59. The maximum absolute atomic E-state index is 12.4. The van der Waals surface area contributed by atoms with Crippen LogP contribution < -0.4 is 0 Å². The quantitative estimate of drug-likeness (QED) is 0.785. The second-order valence-electron chi connectivity index (χ2n) is 5.24. The van der Waals surface area contributed by atoms with Gasteiger partial charge in [0.2, 0.25) is 0 Å². The summed E-state index contributed by atoms with van der Waals surface area (Å²) in [7, 11) is 0. The lowest BCUT2D eigenvalue weighted by molar-refractivity contribution is 0.103. The fourth-order valence-electron chi connectivity index (χ4n) is 2.77. The molecule has 0 radical (unpaired) electrons. The van der Waals surface area contributed by atoms with E-state index in [4.69, 9.17) is 5.11 Å². The van der Waals surface area contributed by atoms with Gasteiger partial charge in [-0.1, -0.05) is 12.8 Å². The van der Waals surface area contributed by atoms with Gasteiger partial charge in [0.15, 0.2) is 0 Å². The summed E-state index contributed by atoms with van der Waals surface area (Å²) in [6.07, 6.45) is 4.81. The molecule has 0 aromatic heterocycles. The first-order valence-electron chi connectivity index (χ1n) is 7.18. The third-order valence-corrected chi connectivity index (χ3v) is 3.94. The lowest BCUT2D eigenvalue weighted by Gasteiger charge is -2.37. The van der Waals surface area contributed by atoms with Crippen LogP contribution in [0, 0.1) is 0 Å². The van der Waals surface area contributed by atoms with Crippen LogP contribution in [0.4, 0.5) is 4.79 Å². The van der Waals surface area contributed by atoms with Crippen LogP contribution in [-0.4, -0.2) is 78.3 Å². The first kappa shape index (κ1) is 13.6. The third-order valence-electron chi connectivity index (χ3n) is 3.94. The van der Waals surface area contributed by atoms with Gasteiger partial charge in [0.1, 0.15) is 0 Å². The number of nitrogens with zero attached hydrogens (tertiary/aromatic N) is 3. The molecule has 0 saturated carbocycles. The van der Waals surface area contributed by atoms with E-state index in [2.05, 4.69) is 4.90 Å². The highest BCUT2D eigenvalue weighted by molar-refractivity contribution is 5.74. The molecule has 2 rings (SSSR count). The first-order chi connectivity index (χ1) is 8.81. The number of aliphatic hydroxyl groups excluding tert-OH is 1. The minimum atomic E-state index is 0.208. The second-order valence-corrected chi connectivity index (χ2v) is 5.24. The molecule has 0 bridgehead atoms. The maximum Gasteiger partial charge on any atom is 0.320 e. The average molecular weight is 255 g/mol. The van der Waals surface area contributed by atoms with Crippen molar-refractivity contribution < 1.29 is 9.90 Å². The highest BCUT2D eigenvalue weighted by atomic mass is 16.3. The zero-order chi connectivity index (χ0) is 12.8. The smallest absolute Gasteiger partial charge is 0.320 e. The molecule has 2 aliphatic heterocycles. The molecule has 0 aromatic carbocycles. The molecule has 0 aromatic rings. The van der Waals surface area contributed by atoms with Crippen LogP contribution in [-0.2, 0) is 0 Å². The molecule has 0 aliphatic carbocycles. The van der Waals surface area contributed by atoms with Gasteiger partial charge in [-0.05, 0) is 12.8 Å². The molecule has 2 amide bonds. The summed E-state index contributed by atoms with van der Waals surface area (Å²) in [6, 6.07) is 0.223. The van der Waals surface area contributed by atoms with Crippen LogP contribution in [0.2, 0.25) is 0 Å². The van der Waals surface area contributed by atoms with Crippen molar-refractivity contribution >= 4 is 6.03 Å². The lowest BCUT2D eigenvalue weighted by Crippen LogP contribution is -2.53. The van der Waals surface area contributed by atoms with E-state index in [1.165, 1.54) is 12.8 Å². The Bertz CT molecular complexity index is 257. The number of rotatable bonds is 2. The minimum absolute atomic E-state index is 0.208. The van der Waals surface area contributed by atoms with Gasteiger partial charge < -0.3 is 14.9 Å². The molecule has 2 aliphatic rings. The standard InChI is InChI=1S/C13H25N3O2/c17-12-11-14-7-9-16(10-8-14)13(18)15-5-3-1-2-4-6-15/h17H,1-12H2. The van der Waals surface area contributed by atoms with Crippen molar-refractivity contribution in [3.63, 3.8) is 0 Å². The van der Waals surface area contributed by atoms with Crippen molar-refractivity contribution in [2.45, 2.75) is 25.7 Å². The van der Waals surface area contributed by atoms with E-state index < -0.39 is 0 Å². The molecule has 5 heteroatoms. The first-order valence-corrected chi connectivity index (χ1v) is 7.18. The van der Waals surface area contributed by atoms with E-state index in [-0.39, 0.29) is 12.6 Å². The SMILES string of the molecule is O=C(N1CCCCCC1)N1CCN(CCO)CC1. The number of amides is 2. The normalized spacial score (nSPS) is 22.9. The zero-order valence-corrected chi connectivity index (χ0v) is 11.2. The summed E-state index contributed by atoms with van der Waals surface area (Å²) in [5, 5.41) is 8.90. The molecule has 18 heavy (non-hydrogen) atoms. The summed E-state index contributed by atoms with van der Waals surface area (Å²) < 4.78 is 0. The van der Waals surface area contributed by atoms with Gasteiger partial charge in [-0.25, -0.2) is 4.79 Å². The second kappa shape index (κ2) is 6.95. The van der Waals surface area contributed by atoms with E-state index in [0.717, 1.165) is 58.7 Å². The van der Waals surface area contributed by atoms with E-state index in [9.17, 15) is 4.79 Å².